The summed E-state index contributed by atoms with van der Waals surface area (Å²) in [6.07, 6.45) is 2.70. The van der Waals surface area contributed by atoms with Gasteiger partial charge in [0, 0.05) is 12.1 Å². The van der Waals surface area contributed by atoms with E-state index < -0.39 is 0 Å². The van der Waals surface area contributed by atoms with Gasteiger partial charge in [-0.25, -0.2) is 0 Å². The highest BCUT2D eigenvalue weighted by Gasteiger charge is 2.15. The molecule has 1 saturated heterocycles. The Morgan fingerprint density at radius 1 is 1.11 bits per heavy atom. The Balaban J connectivity index is 1.34. The summed E-state index contributed by atoms with van der Waals surface area (Å²) in [6, 6.07) is 17.5. The van der Waals surface area contributed by atoms with Crippen LogP contribution in [0.15, 0.2) is 54.6 Å². The van der Waals surface area contributed by atoms with E-state index in [1.807, 2.05) is 54.6 Å². The summed E-state index contributed by atoms with van der Waals surface area (Å²) in [6.45, 7) is 3.63. The summed E-state index contributed by atoms with van der Waals surface area (Å²) in [4.78, 5) is 12.1. The van der Waals surface area contributed by atoms with Crippen LogP contribution in [0.4, 0.5) is 5.69 Å². The van der Waals surface area contributed by atoms with Gasteiger partial charge in [-0.2, -0.15) is 0 Å². The molecular formula is C22H28N2O3. The lowest BCUT2D eigenvalue weighted by molar-refractivity contribution is -0.116. The third-order valence-corrected chi connectivity index (χ3v) is 4.66. The molecular weight excluding hydrogens is 340 g/mol. The van der Waals surface area contributed by atoms with Crippen LogP contribution < -0.4 is 15.4 Å². The summed E-state index contributed by atoms with van der Waals surface area (Å²) in [7, 11) is 0. The molecule has 5 nitrogen and oxygen atoms in total. The monoisotopic (exact) mass is 368 g/mol. The van der Waals surface area contributed by atoms with E-state index in [-0.39, 0.29) is 5.91 Å². The molecule has 2 aromatic carbocycles. The first-order valence-electron chi connectivity index (χ1n) is 9.65. The van der Waals surface area contributed by atoms with E-state index in [0.717, 1.165) is 36.5 Å². The fourth-order valence-electron chi connectivity index (χ4n) is 3.18. The maximum absolute atomic E-state index is 12.1. The molecule has 1 aliphatic heterocycles. The van der Waals surface area contributed by atoms with Gasteiger partial charge in [0.25, 0.3) is 0 Å². The first kappa shape index (κ1) is 19.4. The standard InChI is InChI=1S/C22H28N2O3/c25-22(10-9-18-11-12-23-16-18)24-20-6-4-5-19(15-20)17-26-13-14-27-21-7-2-1-3-8-21/h1-8,15,18,23H,9-14,16-17H2,(H,24,25). The second-order valence-corrected chi connectivity index (χ2v) is 6.86. The molecule has 144 valence electrons. The van der Waals surface area contributed by atoms with Crippen molar-refractivity contribution in [2.24, 2.45) is 5.92 Å². The van der Waals surface area contributed by atoms with E-state index in [1.165, 1.54) is 6.42 Å². The number of amides is 1. The lowest BCUT2D eigenvalue weighted by Gasteiger charge is -2.10. The van der Waals surface area contributed by atoms with Gasteiger partial charge < -0.3 is 20.1 Å². The Labute approximate surface area is 161 Å². The van der Waals surface area contributed by atoms with E-state index in [1.54, 1.807) is 0 Å². The number of anilines is 1. The molecule has 5 heteroatoms. The van der Waals surface area contributed by atoms with Gasteiger partial charge in [0.15, 0.2) is 0 Å². The predicted molar refractivity (Wildman–Crippen MR) is 107 cm³/mol. The Morgan fingerprint density at radius 3 is 2.81 bits per heavy atom. The van der Waals surface area contributed by atoms with E-state index >= 15 is 0 Å². The van der Waals surface area contributed by atoms with Gasteiger partial charge in [-0.3, -0.25) is 4.79 Å². The molecule has 1 aliphatic rings. The molecule has 3 rings (SSSR count). The number of benzene rings is 2. The highest BCUT2D eigenvalue weighted by molar-refractivity contribution is 5.90. The number of carbonyl (C=O) groups is 1. The zero-order valence-corrected chi connectivity index (χ0v) is 15.7. The zero-order valence-electron chi connectivity index (χ0n) is 15.7. The Morgan fingerprint density at radius 2 is 2.00 bits per heavy atom. The maximum atomic E-state index is 12.1. The first-order chi connectivity index (χ1) is 13.3. The molecule has 0 radical (unpaired) electrons. The van der Waals surface area contributed by atoms with Crippen LogP contribution in [0.5, 0.6) is 5.75 Å². The zero-order chi connectivity index (χ0) is 18.7. The molecule has 2 aromatic rings. The molecule has 1 unspecified atom stereocenters. The lowest BCUT2D eigenvalue weighted by atomic mass is 10.0. The molecule has 1 fully saturated rings. The molecule has 0 aliphatic carbocycles. The molecule has 0 bridgehead atoms. The van der Waals surface area contributed by atoms with Crippen LogP contribution >= 0.6 is 0 Å². The summed E-state index contributed by atoms with van der Waals surface area (Å²) >= 11 is 0. The smallest absolute Gasteiger partial charge is 0.224 e. The van der Waals surface area contributed by atoms with E-state index in [9.17, 15) is 4.79 Å². The molecule has 2 N–H and O–H groups in total. The van der Waals surface area contributed by atoms with Crippen LogP contribution in [0.3, 0.4) is 0 Å². The number of hydrogen-bond acceptors (Lipinski definition) is 4. The summed E-state index contributed by atoms with van der Waals surface area (Å²) in [5.74, 6) is 1.56. The minimum absolute atomic E-state index is 0.0798. The van der Waals surface area contributed by atoms with Gasteiger partial charge >= 0.3 is 0 Å². The topological polar surface area (TPSA) is 59.6 Å². The maximum Gasteiger partial charge on any atom is 0.224 e. The molecule has 1 heterocycles. The fourth-order valence-corrected chi connectivity index (χ4v) is 3.18. The van der Waals surface area contributed by atoms with Gasteiger partial charge in [0.05, 0.1) is 13.2 Å². The van der Waals surface area contributed by atoms with Crippen molar-refractivity contribution in [3.63, 3.8) is 0 Å². The molecule has 0 saturated carbocycles. The van der Waals surface area contributed by atoms with E-state index in [2.05, 4.69) is 10.6 Å². The van der Waals surface area contributed by atoms with Crippen molar-refractivity contribution < 1.29 is 14.3 Å². The normalized spacial score (nSPS) is 16.2. The second-order valence-electron chi connectivity index (χ2n) is 6.86. The molecule has 1 atom stereocenters. The second kappa shape index (κ2) is 10.7. The summed E-state index contributed by atoms with van der Waals surface area (Å²) < 4.78 is 11.3. The summed E-state index contributed by atoms with van der Waals surface area (Å²) in [5, 5.41) is 6.33. The SMILES string of the molecule is O=C(CCC1CCNC1)Nc1cccc(COCCOc2ccccc2)c1. The quantitative estimate of drug-likeness (QED) is 0.629. The minimum atomic E-state index is 0.0798. The molecule has 27 heavy (non-hydrogen) atoms. The fraction of sp³-hybridized carbons (Fsp3) is 0.409. The average molecular weight is 368 g/mol. The van der Waals surface area contributed by atoms with Crippen molar-refractivity contribution in [2.45, 2.75) is 25.9 Å². The molecule has 0 aromatic heterocycles. The Bertz CT molecular complexity index is 700. The lowest BCUT2D eigenvalue weighted by Crippen LogP contribution is -2.15. The highest BCUT2D eigenvalue weighted by atomic mass is 16.5. The highest BCUT2D eigenvalue weighted by Crippen LogP contribution is 2.16. The Kier molecular flexibility index (Phi) is 7.69. The van der Waals surface area contributed by atoms with Crippen LogP contribution in [0, 0.1) is 5.92 Å². The number of rotatable bonds is 10. The van der Waals surface area contributed by atoms with Gasteiger partial charge in [-0.15, -0.1) is 0 Å². The van der Waals surface area contributed by atoms with Crippen molar-refractivity contribution in [3.8, 4) is 5.75 Å². The Hall–Kier alpha value is -2.37. The van der Waals surface area contributed by atoms with E-state index in [0.29, 0.717) is 32.2 Å². The largest absolute Gasteiger partial charge is 0.491 e. The van der Waals surface area contributed by atoms with E-state index in [4.69, 9.17) is 9.47 Å². The van der Waals surface area contributed by atoms with Gasteiger partial charge in [0.1, 0.15) is 12.4 Å². The van der Waals surface area contributed by atoms with Crippen LogP contribution in [0.1, 0.15) is 24.8 Å². The van der Waals surface area contributed by atoms with Gasteiger partial charge in [-0.1, -0.05) is 30.3 Å². The van der Waals surface area contributed by atoms with Crippen LogP contribution in [0.2, 0.25) is 0 Å². The van der Waals surface area contributed by atoms with Crippen molar-refractivity contribution in [1.29, 1.82) is 0 Å². The van der Waals surface area contributed by atoms with Crippen molar-refractivity contribution in [2.75, 3.05) is 31.6 Å². The van der Waals surface area contributed by atoms with Crippen molar-refractivity contribution in [1.82, 2.24) is 5.32 Å². The van der Waals surface area contributed by atoms with Crippen LogP contribution in [0.25, 0.3) is 0 Å². The van der Waals surface area contributed by atoms with Crippen LogP contribution in [-0.2, 0) is 16.1 Å². The number of ether oxygens (including phenoxy) is 2. The van der Waals surface area contributed by atoms with Crippen molar-refractivity contribution in [3.05, 3.63) is 60.2 Å². The first-order valence-corrected chi connectivity index (χ1v) is 9.65. The average Bonchev–Trinajstić information content (AvgIpc) is 3.21. The molecule has 0 spiro atoms. The minimum Gasteiger partial charge on any atom is -0.491 e. The molecule has 1 amide bonds. The number of para-hydroxylation sites is 1. The van der Waals surface area contributed by atoms with Crippen LogP contribution in [-0.4, -0.2) is 32.2 Å². The number of carbonyl (C=O) groups excluding carboxylic acids is 1. The van der Waals surface area contributed by atoms with Gasteiger partial charge in [-0.05, 0) is 61.7 Å². The summed E-state index contributed by atoms with van der Waals surface area (Å²) in [5.41, 5.74) is 1.86. The number of hydrogen-bond donors (Lipinski definition) is 2. The number of nitrogens with one attached hydrogen (secondary N) is 2. The van der Waals surface area contributed by atoms with Gasteiger partial charge in [0.2, 0.25) is 5.91 Å². The third-order valence-electron chi connectivity index (χ3n) is 4.66. The predicted octanol–water partition coefficient (Wildman–Crippen LogP) is 3.61. The van der Waals surface area contributed by atoms with Crippen molar-refractivity contribution >= 4 is 11.6 Å². The third kappa shape index (κ3) is 7.04.